The molecule has 2 N–H and O–H groups in total. The molecule has 1 aliphatic rings. The smallest absolute Gasteiger partial charge is 0.266 e. The second-order valence-electron chi connectivity index (χ2n) is 3.19. The Labute approximate surface area is 75.7 Å². The number of hydrogen-bond acceptors (Lipinski definition) is 3. The van der Waals surface area contributed by atoms with Crippen molar-refractivity contribution < 1.29 is 4.74 Å². The summed E-state index contributed by atoms with van der Waals surface area (Å²) in [4.78, 5) is 11.1. The monoisotopic (exact) mass is 183 g/mol. The summed E-state index contributed by atoms with van der Waals surface area (Å²) >= 11 is 0. The first kappa shape index (κ1) is 8.52. The Bertz CT molecular complexity index is 335. The van der Waals surface area contributed by atoms with E-state index in [0.717, 1.165) is 18.8 Å². The molecule has 0 bridgehead atoms. The van der Waals surface area contributed by atoms with Crippen LogP contribution >= 0.6 is 0 Å². The fourth-order valence-corrected chi connectivity index (χ4v) is 1.45. The van der Waals surface area contributed by atoms with Crippen molar-refractivity contribution in [1.82, 2.24) is 15.1 Å². The van der Waals surface area contributed by atoms with Crippen molar-refractivity contribution in [2.24, 2.45) is 7.05 Å². The van der Waals surface area contributed by atoms with E-state index in [1.807, 2.05) is 0 Å². The van der Waals surface area contributed by atoms with E-state index >= 15 is 0 Å². The van der Waals surface area contributed by atoms with Gasteiger partial charge in [0.1, 0.15) is 0 Å². The molecule has 13 heavy (non-hydrogen) atoms. The van der Waals surface area contributed by atoms with Crippen LogP contribution in [0.15, 0.2) is 10.9 Å². The van der Waals surface area contributed by atoms with E-state index in [0.29, 0.717) is 6.61 Å². The van der Waals surface area contributed by atoms with Crippen LogP contribution in [-0.2, 0) is 11.8 Å². The molecular formula is C8H13N3O2. The van der Waals surface area contributed by atoms with E-state index in [4.69, 9.17) is 4.74 Å². The third-order valence-corrected chi connectivity index (χ3v) is 2.20. The number of ether oxygens (including phenoxy) is 1. The van der Waals surface area contributed by atoms with Crippen LogP contribution in [0.1, 0.15) is 11.7 Å². The zero-order valence-electron chi connectivity index (χ0n) is 7.54. The summed E-state index contributed by atoms with van der Waals surface area (Å²) in [5, 5.41) is 6.24. The third kappa shape index (κ3) is 1.66. The predicted octanol–water partition coefficient (Wildman–Crippen LogP) is -0.626. The number of rotatable bonds is 1. The summed E-state index contributed by atoms with van der Waals surface area (Å²) in [6.07, 6.45) is 0. The number of H-pyrrole nitrogens is 1. The zero-order chi connectivity index (χ0) is 9.26. The normalized spacial score (nSPS) is 23.3. The highest BCUT2D eigenvalue weighted by Crippen LogP contribution is 2.10. The summed E-state index contributed by atoms with van der Waals surface area (Å²) in [6, 6.07) is 1.73. The molecule has 1 aliphatic heterocycles. The van der Waals surface area contributed by atoms with Crippen LogP contribution in [0.2, 0.25) is 0 Å². The maximum absolute atomic E-state index is 11.1. The second kappa shape index (κ2) is 3.35. The number of morpholine rings is 1. The topological polar surface area (TPSA) is 59.0 Å². The van der Waals surface area contributed by atoms with Gasteiger partial charge in [-0.25, -0.2) is 0 Å². The van der Waals surface area contributed by atoms with Crippen molar-refractivity contribution in [3.63, 3.8) is 0 Å². The molecule has 0 saturated carbocycles. The van der Waals surface area contributed by atoms with Gasteiger partial charge in [-0.15, -0.1) is 0 Å². The Morgan fingerprint density at radius 2 is 2.54 bits per heavy atom. The van der Waals surface area contributed by atoms with Crippen molar-refractivity contribution in [2.45, 2.75) is 6.04 Å². The SMILES string of the molecule is Cn1[nH]c(C2COCCN2)cc1=O. The standard InChI is InChI=1S/C8H13N3O2/c1-11-8(12)4-6(10-11)7-5-13-3-2-9-7/h4,7,9-10H,2-3,5H2,1H3. The lowest BCUT2D eigenvalue weighted by atomic mass is 10.2. The average molecular weight is 183 g/mol. The highest BCUT2D eigenvalue weighted by atomic mass is 16.5. The highest BCUT2D eigenvalue weighted by Gasteiger charge is 2.17. The first-order chi connectivity index (χ1) is 6.27. The molecule has 0 spiro atoms. The molecule has 1 aromatic rings. The summed E-state index contributed by atoms with van der Waals surface area (Å²) in [5.41, 5.74) is 0.884. The Hall–Kier alpha value is -1.07. The molecule has 1 atom stereocenters. The molecule has 2 heterocycles. The Balaban J connectivity index is 2.19. The van der Waals surface area contributed by atoms with Gasteiger partial charge in [0.15, 0.2) is 0 Å². The van der Waals surface area contributed by atoms with E-state index in [-0.39, 0.29) is 11.6 Å². The second-order valence-corrected chi connectivity index (χ2v) is 3.19. The van der Waals surface area contributed by atoms with Gasteiger partial charge < -0.3 is 10.1 Å². The van der Waals surface area contributed by atoms with Crippen LogP contribution in [0.3, 0.4) is 0 Å². The van der Waals surface area contributed by atoms with E-state index in [1.165, 1.54) is 4.68 Å². The van der Waals surface area contributed by atoms with Gasteiger partial charge in [-0.3, -0.25) is 14.6 Å². The average Bonchev–Trinajstić information content (AvgIpc) is 2.49. The van der Waals surface area contributed by atoms with Gasteiger partial charge in [0.05, 0.1) is 24.9 Å². The van der Waals surface area contributed by atoms with Gasteiger partial charge in [0.2, 0.25) is 0 Å². The van der Waals surface area contributed by atoms with Crippen molar-refractivity contribution in [1.29, 1.82) is 0 Å². The number of hydrogen-bond donors (Lipinski definition) is 2. The van der Waals surface area contributed by atoms with Gasteiger partial charge in [0, 0.05) is 19.7 Å². The summed E-state index contributed by atoms with van der Waals surface area (Å²) in [7, 11) is 1.70. The van der Waals surface area contributed by atoms with Crippen LogP contribution in [-0.4, -0.2) is 29.5 Å². The first-order valence-corrected chi connectivity index (χ1v) is 4.34. The molecule has 5 heteroatoms. The summed E-state index contributed by atoms with van der Waals surface area (Å²) < 4.78 is 6.76. The van der Waals surface area contributed by atoms with E-state index < -0.39 is 0 Å². The van der Waals surface area contributed by atoms with Crippen molar-refractivity contribution >= 4 is 0 Å². The van der Waals surface area contributed by atoms with E-state index in [9.17, 15) is 4.79 Å². The first-order valence-electron chi connectivity index (χ1n) is 4.34. The summed E-state index contributed by atoms with van der Waals surface area (Å²) in [6.45, 7) is 2.20. The Morgan fingerprint density at radius 1 is 1.69 bits per heavy atom. The van der Waals surface area contributed by atoms with Crippen LogP contribution in [0.25, 0.3) is 0 Å². The molecule has 1 unspecified atom stereocenters. The van der Waals surface area contributed by atoms with Crippen LogP contribution < -0.4 is 10.9 Å². The minimum Gasteiger partial charge on any atom is -0.378 e. The maximum Gasteiger partial charge on any atom is 0.266 e. The molecule has 0 amide bonds. The molecule has 0 aliphatic carbocycles. The number of aromatic amines is 1. The molecule has 72 valence electrons. The van der Waals surface area contributed by atoms with Gasteiger partial charge in [-0.1, -0.05) is 0 Å². The maximum atomic E-state index is 11.1. The Kier molecular flexibility index (Phi) is 2.20. The third-order valence-electron chi connectivity index (χ3n) is 2.20. The Morgan fingerprint density at radius 3 is 3.08 bits per heavy atom. The molecule has 2 rings (SSSR count). The van der Waals surface area contributed by atoms with Gasteiger partial charge >= 0.3 is 0 Å². The molecule has 0 aromatic carbocycles. The van der Waals surface area contributed by atoms with Crippen molar-refractivity contribution in [3.8, 4) is 0 Å². The summed E-state index contributed by atoms with van der Waals surface area (Å²) in [5.74, 6) is 0. The van der Waals surface area contributed by atoms with Crippen LogP contribution in [0.5, 0.6) is 0 Å². The largest absolute Gasteiger partial charge is 0.378 e. The van der Waals surface area contributed by atoms with E-state index in [2.05, 4.69) is 10.4 Å². The van der Waals surface area contributed by atoms with Crippen LogP contribution in [0.4, 0.5) is 0 Å². The predicted molar refractivity (Wildman–Crippen MR) is 47.6 cm³/mol. The number of aryl methyl sites for hydroxylation is 1. The molecular weight excluding hydrogens is 170 g/mol. The van der Waals surface area contributed by atoms with Gasteiger partial charge in [0.25, 0.3) is 5.56 Å². The molecule has 1 fully saturated rings. The van der Waals surface area contributed by atoms with Gasteiger partial charge in [-0.05, 0) is 0 Å². The molecule has 1 saturated heterocycles. The van der Waals surface area contributed by atoms with Crippen LogP contribution in [0, 0.1) is 0 Å². The quantitative estimate of drug-likeness (QED) is 0.609. The molecule has 1 aromatic heterocycles. The van der Waals surface area contributed by atoms with Crippen molar-refractivity contribution in [3.05, 3.63) is 22.1 Å². The lowest BCUT2D eigenvalue weighted by Crippen LogP contribution is -2.34. The molecule has 0 radical (unpaired) electrons. The number of nitrogens with zero attached hydrogens (tertiary/aromatic N) is 1. The zero-order valence-corrected chi connectivity index (χ0v) is 7.54. The lowest BCUT2D eigenvalue weighted by Gasteiger charge is -2.22. The number of nitrogens with one attached hydrogen (secondary N) is 2. The fraction of sp³-hybridized carbons (Fsp3) is 0.625. The minimum absolute atomic E-state index is 0.0117. The fourth-order valence-electron chi connectivity index (χ4n) is 1.45. The van der Waals surface area contributed by atoms with Gasteiger partial charge in [-0.2, -0.15) is 0 Å². The lowest BCUT2D eigenvalue weighted by molar-refractivity contribution is 0.0754. The molecule has 5 nitrogen and oxygen atoms in total. The minimum atomic E-state index is -0.0117. The van der Waals surface area contributed by atoms with E-state index in [1.54, 1.807) is 13.1 Å². The number of aromatic nitrogens is 2. The van der Waals surface area contributed by atoms with Crippen molar-refractivity contribution in [2.75, 3.05) is 19.8 Å². The highest BCUT2D eigenvalue weighted by molar-refractivity contribution is 5.06.